The lowest BCUT2D eigenvalue weighted by Crippen LogP contribution is -2.24. The highest BCUT2D eigenvalue weighted by atomic mass is 16.6. The first kappa shape index (κ1) is 36.8. The van der Waals surface area contributed by atoms with Gasteiger partial charge in [0.1, 0.15) is 0 Å². The van der Waals surface area contributed by atoms with E-state index in [2.05, 4.69) is 15.8 Å². The number of benzene rings is 3. The molecule has 0 aromatic heterocycles. The molecule has 48 heavy (non-hydrogen) atoms. The Hall–Kier alpha value is -5.66. The Bertz CT molecular complexity index is 1560. The number of amides is 2. The van der Waals surface area contributed by atoms with Crippen molar-refractivity contribution < 1.29 is 52.3 Å². The Balaban J connectivity index is 1.45. The average molecular weight is 668 g/mol. The summed E-state index contributed by atoms with van der Waals surface area (Å²) in [4.78, 5) is 37.8. The minimum atomic E-state index is -0.665. The molecule has 0 aliphatic carbocycles. The van der Waals surface area contributed by atoms with E-state index in [4.69, 9.17) is 37.9 Å². The first-order valence-corrected chi connectivity index (χ1v) is 14.8. The van der Waals surface area contributed by atoms with Gasteiger partial charge in [0.2, 0.25) is 17.4 Å². The summed E-state index contributed by atoms with van der Waals surface area (Å²) in [7, 11) is 10.3. The van der Waals surface area contributed by atoms with Gasteiger partial charge in [-0.15, -0.1) is 0 Å². The fraction of sp³-hybridized carbons (Fsp3) is 0.353. The third kappa shape index (κ3) is 9.67. The minimum Gasteiger partial charge on any atom is -0.493 e. The summed E-state index contributed by atoms with van der Waals surface area (Å²) in [5, 5.41) is 6.87. The Kier molecular flexibility index (Phi) is 14.2. The van der Waals surface area contributed by atoms with Crippen LogP contribution in [0.3, 0.4) is 0 Å². The average Bonchev–Trinajstić information content (AvgIpc) is 3.11. The highest BCUT2D eigenvalue weighted by molar-refractivity contribution is 5.95. The molecule has 14 nitrogen and oxygen atoms in total. The maximum absolute atomic E-state index is 12.9. The van der Waals surface area contributed by atoms with Gasteiger partial charge in [-0.2, -0.15) is 5.10 Å². The number of unbranched alkanes of at least 4 members (excludes halogenated alkanes) is 2. The van der Waals surface area contributed by atoms with Crippen molar-refractivity contribution in [2.75, 3.05) is 56.3 Å². The molecule has 0 spiro atoms. The third-order valence-electron chi connectivity index (χ3n) is 6.99. The van der Waals surface area contributed by atoms with E-state index >= 15 is 0 Å². The van der Waals surface area contributed by atoms with Gasteiger partial charge in [-0.3, -0.25) is 9.59 Å². The molecule has 0 radical (unpaired) electrons. The van der Waals surface area contributed by atoms with Crippen LogP contribution in [0.15, 0.2) is 47.6 Å². The van der Waals surface area contributed by atoms with Crippen molar-refractivity contribution in [3.05, 3.63) is 59.2 Å². The van der Waals surface area contributed by atoms with E-state index in [-0.39, 0.29) is 35.3 Å². The van der Waals surface area contributed by atoms with E-state index < -0.39 is 5.97 Å². The first-order chi connectivity index (χ1) is 23.2. The van der Waals surface area contributed by atoms with Gasteiger partial charge in [-0.25, -0.2) is 10.2 Å². The van der Waals surface area contributed by atoms with Crippen LogP contribution in [0.5, 0.6) is 46.0 Å². The van der Waals surface area contributed by atoms with E-state index in [9.17, 15) is 14.4 Å². The minimum absolute atomic E-state index is 0.178. The molecule has 0 unspecified atom stereocenters. The zero-order valence-corrected chi connectivity index (χ0v) is 28.1. The van der Waals surface area contributed by atoms with Crippen molar-refractivity contribution in [3.8, 4) is 46.0 Å². The summed E-state index contributed by atoms with van der Waals surface area (Å²) in [6.45, 7) is 0.435. The smallest absolute Gasteiger partial charge is 0.343 e. The van der Waals surface area contributed by atoms with Gasteiger partial charge >= 0.3 is 5.97 Å². The molecule has 14 heteroatoms. The second-order valence-electron chi connectivity index (χ2n) is 9.99. The molecule has 0 atom stereocenters. The van der Waals surface area contributed by atoms with Crippen molar-refractivity contribution in [1.29, 1.82) is 0 Å². The van der Waals surface area contributed by atoms with Crippen molar-refractivity contribution in [2.24, 2.45) is 5.10 Å². The molecule has 0 bridgehead atoms. The van der Waals surface area contributed by atoms with E-state index in [1.54, 1.807) is 30.3 Å². The molecule has 0 saturated carbocycles. The predicted octanol–water partition coefficient (Wildman–Crippen LogP) is 4.41. The molecule has 0 aliphatic rings. The van der Waals surface area contributed by atoms with Gasteiger partial charge in [0.15, 0.2) is 34.5 Å². The molecule has 0 saturated heterocycles. The highest BCUT2D eigenvalue weighted by Crippen LogP contribution is 2.39. The van der Waals surface area contributed by atoms with Crippen molar-refractivity contribution >= 4 is 24.0 Å². The van der Waals surface area contributed by atoms with Crippen LogP contribution < -0.4 is 48.6 Å². The van der Waals surface area contributed by atoms with E-state index in [1.807, 2.05) is 0 Å². The molecule has 0 aliphatic heterocycles. The number of rotatable bonds is 18. The van der Waals surface area contributed by atoms with Gasteiger partial charge in [0.25, 0.3) is 5.91 Å². The summed E-state index contributed by atoms with van der Waals surface area (Å²) in [5.41, 5.74) is 3.66. The summed E-state index contributed by atoms with van der Waals surface area (Å²) >= 11 is 0. The van der Waals surface area contributed by atoms with Gasteiger partial charge < -0.3 is 43.2 Å². The molecular formula is C34H41N3O11. The van der Waals surface area contributed by atoms with Crippen molar-refractivity contribution in [3.63, 3.8) is 0 Å². The number of esters is 1. The van der Waals surface area contributed by atoms with E-state index in [0.29, 0.717) is 65.0 Å². The lowest BCUT2D eigenvalue weighted by atomic mass is 10.1. The lowest BCUT2D eigenvalue weighted by molar-refractivity contribution is -0.121. The second-order valence-corrected chi connectivity index (χ2v) is 9.99. The maximum Gasteiger partial charge on any atom is 0.343 e. The molecular weight excluding hydrogens is 626 g/mol. The normalized spacial score (nSPS) is 10.6. The molecule has 258 valence electrons. The summed E-state index contributed by atoms with van der Waals surface area (Å²) in [5.74, 6) is 1.41. The number of carbonyl (C=O) groups excluding carboxylic acids is 3. The summed E-state index contributed by atoms with van der Waals surface area (Å²) in [6, 6.07) is 11.0. The predicted molar refractivity (Wildman–Crippen MR) is 177 cm³/mol. The van der Waals surface area contributed by atoms with Crippen molar-refractivity contribution in [2.45, 2.75) is 25.7 Å². The molecule has 2 amide bonds. The van der Waals surface area contributed by atoms with E-state index in [1.165, 1.54) is 68.1 Å². The number of hydrogen-bond acceptors (Lipinski definition) is 12. The standard InChI is InChI=1S/C34H41N3O11/c1-41-25-15-21(12-13-24(25)48-34(40)23-18-28(44-4)32(47-7)29(19-23)45-5)20-36-37-30(38)11-9-8-10-14-35-33(39)22-16-26(42-2)31(46-6)27(17-22)43-3/h12-13,15-20H,8-11,14H2,1-7H3,(H,35,39)(H,37,38)/b36-20+. The van der Waals surface area contributed by atoms with Gasteiger partial charge in [-0.05, 0) is 60.9 Å². The second kappa shape index (κ2) is 18.5. The molecule has 3 rings (SSSR count). The monoisotopic (exact) mass is 667 g/mol. The number of methoxy groups -OCH3 is 7. The molecule has 3 aromatic carbocycles. The Labute approximate surface area is 279 Å². The number of nitrogens with zero attached hydrogens (tertiary/aromatic N) is 1. The maximum atomic E-state index is 12.9. The third-order valence-corrected chi connectivity index (χ3v) is 6.99. The van der Waals surface area contributed by atoms with Crippen LogP contribution in [0.25, 0.3) is 0 Å². The van der Waals surface area contributed by atoms with Crippen LogP contribution in [0.1, 0.15) is 52.0 Å². The zero-order chi connectivity index (χ0) is 35.1. The number of nitrogens with one attached hydrogen (secondary N) is 2. The largest absolute Gasteiger partial charge is 0.493 e. The van der Waals surface area contributed by atoms with Gasteiger partial charge in [0.05, 0.1) is 61.5 Å². The fourth-order valence-electron chi connectivity index (χ4n) is 4.54. The molecule has 3 aromatic rings. The van der Waals surface area contributed by atoms with Crippen LogP contribution in [0.2, 0.25) is 0 Å². The molecule has 2 N–H and O–H groups in total. The van der Waals surface area contributed by atoms with Crippen molar-refractivity contribution in [1.82, 2.24) is 10.7 Å². The molecule has 0 heterocycles. The Morgan fingerprint density at radius 2 is 1.17 bits per heavy atom. The number of hydrogen-bond donors (Lipinski definition) is 2. The van der Waals surface area contributed by atoms with Crippen LogP contribution in [0, 0.1) is 0 Å². The number of ether oxygens (including phenoxy) is 8. The summed E-state index contributed by atoms with van der Waals surface area (Å²) < 4.78 is 42.7. The van der Waals surface area contributed by atoms with Gasteiger partial charge in [0, 0.05) is 18.5 Å². The topological polar surface area (TPSA) is 161 Å². The lowest BCUT2D eigenvalue weighted by Gasteiger charge is -2.14. The van der Waals surface area contributed by atoms with E-state index in [0.717, 1.165) is 6.42 Å². The quantitative estimate of drug-likeness (QED) is 0.0650. The number of hydrazone groups is 1. The Morgan fingerprint density at radius 1 is 0.625 bits per heavy atom. The molecule has 0 fully saturated rings. The number of carbonyl (C=O) groups is 3. The van der Waals surface area contributed by atoms with Crippen LogP contribution in [-0.4, -0.2) is 80.3 Å². The SMILES string of the molecule is COc1cc(/C=N/NC(=O)CCCCCNC(=O)c2cc(OC)c(OC)c(OC)c2)ccc1OC(=O)c1cc(OC)c(OC)c(OC)c1. The van der Waals surface area contributed by atoms with Crippen LogP contribution >= 0.6 is 0 Å². The zero-order valence-electron chi connectivity index (χ0n) is 28.1. The highest BCUT2D eigenvalue weighted by Gasteiger charge is 2.20. The summed E-state index contributed by atoms with van der Waals surface area (Å²) in [6.07, 6.45) is 3.73. The fourth-order valence-corrected chi connectivity index (χ4v) is 4.54. The van der Waals surface area contributed by atoms with Crippen LogP contribution in [-0.2, 0) is 4.79 Å². The van der Waals surface area contributed by atoms with Crippen LogP contribution in [0.4, 0.5) is 0 Å². The van der Waals surface area contributed by atoms with Gasteiger partial charge in [-0.1, -0.05) is 6.42 Å². The first-order valence-electron chi connectivity index (χ1n) is 14.8. The Morgan fingerprint density at radius 3 is 1.69 bits per heavy atom.